The molecule has 190 valence electrons. The van der Waals surface area contributed by atoms with Crippen molar-refractivity contribution < 1.29 is 13.2 Å². The first kappa shape index (κ1) is 26.4. The zero-order chi connectivity index (χ0) is 26.6. The van der Waals surface area contributed by atoms with E-state index in [1.165, 1.54) is 30.7 Å². The van der Waals surface area contributed by atoms with Crippen LogP contribution in [0.3, 0.4) is 0 Å². The van der Waals surface area contributed by atoms with E-state index in [-0.39, 0.29) is 10.6 Å². The molecule has 1 N–H and O–H groups in total. The Morgan fingerprint density at radius 1 is 1.08 bits per heavy atom. The Bertz CT molecular complexity index is 1560. The molecule has 2 aromatic heterocycles. The standard InChI is InChI=1S/C26H23Cl2N5O3S/c1-18-13-20(19(2)33(18)25-11-10-21(27)14-24(25)28)15-30-31-26(34)17-32(22-7-6-12-29-16-22)37(35,36)23-8-4-3-5-9-23/h3-16H,17H2,1-2H3,(H,31,34)/b30-15-. The molecule has 0 saturated heterocycles. The number of carbonyl (C=O) groups excluding carboxylic acids is 1. The molecule has 2 heterocycles. The molecule has 0 aliphatic carbocycles. The molecule has 0 fully saturated rings. The van der Waals surface area contributed by atoms with Gasteiger partial charge in [-0.15, -0.1) is 0 Å². The first-order valence-corrected chi connectivity index (χ1v) is 13.3. The predicted molar refractivity (Wildman–Crippen MR) is 146 cm³/mol. The van der Waals surface area contributed by atoms with Crippen LogP contribution in [0.15, 0.2) is 89.1 Å². The van der Waals surface area contributed by atoms with Gasteiger partial charge in [0.15, 0.2) is 0 Å². The molecule has 0 bridgehead atoms. The predicted octanol–water partition coefficient (Wildman–Crippen LogP) is 5.14. The summed E-state index contributed by atoms with van der Waals surface area (Å²) in [4.78, 5) is 16.8. The summed E-state index contributed by atoms with van der Waals surface area (Å²) in [5, 5.41) is 5.10. The molecular weight excluding hydrogens is 533 g/mol. The number of hydrazone groups is 1. The average molecular weight is 556 g/mol. The number of amides is 1. The summed E-state index contributed by atoms with van der Waals surface area (Å²) in [5.74, 6) is -0.617. The van der Waals surface area contributed by atoms with E-state index >= 15 is 0 Å². The minimum Gasteiger partial charge on any atom is -0.316 e. The summed E-state index contributed by atoms with van der Waals surface area (Å²) >= 11 is 12.4. The number of hydrogen-bond acceptors (Lipinski definition) is 5. The third-order valence-electron chi connectivity index (χ3n) is 5.57. The fourth-order valence-electron chi connectivity index (χ4n) is 3.83. The molecular formula is C26H23Cl2N5O3S. The molecule has 4 rings (SSSR count). The van der Waals surface area contributed by atoms with Gasteiger partial charge in [-0.3, -0.25) is 14.1 Å². The van der Waals surface area contributed by atoms with E-state index in [9.17, 15) is 13.2 Å². The number of nitrogens with one attached hydrogen (secondary N) is 1. The monoisotopic (exact) mass is 555 g/mol. The van der Waals surface area contributed by atoms with E-state index in [1.807, 2.05) is 30.5 Å². The van der Waals surface area contributed by atoms with Crippen LogP contribution in [0, 0.1) is 13.8 Å². The Morgan fingerprint density at radius 2 is 1.84 bits per heavy atom. The van der Waals surface area contributed by atoms with Crippen LogP contribution in [0.4, 0.5) is 5.69 Å². The van der Waals surface area contributed by atoms with E-state index in [1.54, 1.807) is 42.5 Å². The Kier molecular flexibility index (Phi) is 7.97. The smallest absolute Gasteiger partial charge is 0.264 e. The number of carbonyl (C=O) groups is 1. The quantitative estimate of drug-likeness (QED) is 0.240. The molecule has 0 aliphatic heterocycles. The third kappa shape index (κ3) is 5.85. The number of sulfonamides is 1. The number of rotatable bonds is 8. The first-order chi connectivity index (χ1) is 17.7. The average Bonchev–Trinajstić information content (AvgIpc) is 3.16. The van der Waals surface area contributed by atoms with Gasteiger partial charge in [0.25, 0.3) is 15.9 Å². The van der Waals surface area contributed by atoms with Crippen molar-refractivity contribution in [2.75, 3.05) is 10.8 Å². The second kappa shape index (κ2) is 11.2. The molecule has 0 saturated carbocycles. The topological polar surface area (TPSA) is 96.7 Å². The Hall–Kier alpha value is -3.66. The molecule has 37 heavy (non-hydrogen) atoms. The van der Waals surface area contributed by atoms with E-state index < -0.39 is 22.5 Å². The van der Waals surface area contributed by atoms with Crippen molar-refractivity contribution in [3.05, 3.63) is 106 Å². The maximum absolute atomic E-state index is 13.3. The van der Waals surface area contributed by atoms with Crippen molar-refractivity contribution >= 4 is 51.0 Å². The molecule has 2 aromatic carbocycles. The third-order valence-corrected chi connectivity index (χ3v) is 7.89. The highest BCUT2D eigenvalue weighted by molar-refractivity contribution is 7.92. The van der Waals surface area contributed by atoms with E-state index in [2.05, 4.69) is 15.5 Å². The van der Waals surface area contributed by atoms with Crippen LogP contribution in [0.25, 0.3) is 5.69 Å². The lowest BCUT2D eigenvalue weighted by Crippen LogP contribution is -2.39. The molecule has 0 radical (unpaired) electrons. The fourth-order valence-corrected chi connectivity index (χ4v) is 5.75. The van der Waals surface area contributed by atoms with Crippen LogP contribution < -0.4 is 9.73 Å². The summed E-state index contributed by atoms with van der Waals surface area (Å²) in [7, 11) is -4.02. The van der Waals surface area contributed by atoms with Crippen LogP contribution >= 0.6 is 23.2 Å². The highest BCUT2D eigenvalue weighted by atomic mass is 35.5. The van der Waals surface area contributed by atoms with Gasteiger partial charge in [0.1, 0.15) is 6.54 Å². The molecule has 0 aliphatic rings. The molecule has 0 spiro atoms. The summed E-state index contributed by atoms with van der Waals surface area (Å²) < 4.78 is 29.5. The second-order valence-corrected chi connectivity index (χ2v) is 10.8. The zero-order valence-corrected chi connectivity index (χ0v) is 22.3. The van der Waals surface area contributed by atoms with Crippen LogP contribution in [0.1, 0.15) is 17.0 Å². The van der Waals surface area contributed by atoms with Gasteiger partial charge in [-0.05, 0) is 62.4 Å². The van der Waals surface area contributed by atoms with Crippen LogP contribution in [-0.2, 0) is 14.8 Å². The van der Waals surface area contributed by atoms with Crippen molar-refractivity contribution in [3.8, 4) is 5.69 Å². The van der Waals surface area contributed by atoms with Crippen LogP contribution in [0.5, 0.6) is 0 Å². The first-order valence-electron chi connectivity index (χ1n) is 11.1. The number of benzene rings is 2. The van der Waals surface area contributed by atoms with Gasteiger partial charge >= 0.3 is 0 Å². The van der Waals surface area contributed by atoms with Gasteiger partial charge in [-0.25, -0.2) is 13.8 Å². The minimum atomic E-state index is -4.02. The van der Waals surface area contributed by atoms with Crippen molar-refractivity contribution in [1.29, 1.82) is 0 Å². The maximum atomic E-state index is 13.3. The number of aromatic nitrogens is 2. The Balaban J connectivity index is 1.54. The van der Waals surface area contributed by atoms with Gasteiger partial charge in [0, 0.05) is 28.2 Å². The number of aryl methyl sites for hydroxylation is 1. The maximum Gasteiger partial charge on any atom is 0.264 e. The van der Waals surface area contributed by atoms with Crippen molar-refractivity contribution in [2.24, 2.45) is 5.10 Å². The summed E-state index contributed by atoms with van der Waals surface area (Å²) in [6.07, 6.45) is 4.41. The SMILES string of the molecule is Cc1cc(/C=N\NC(=O)CN(c2cccnc2)S(=O)(=O)c2ccccc2)c(C)n1-c1ccc(Cl)cc1Cl. The molecule has 11 heteroatoms. The molecule has 1 amide bonds. The zero-order valence-electron chi connectivity index (χ0n) is 20.0. The largest absolute Gasteiger partial charge is 0.316 e. The number of halogens is 2. The van der Waals surface area contributed by atoms with Gasteiger partial charge in [0.05, 0.1) is 33.7 Å². The molecule has 4 aromatic rings. The normalized spacial score (nSPS) is 11.6. The van der Waals surface area contributed by atoms with E-state index in [4.69, 9.17) is 23.2 Å². The fraction of sp³-hybridized carbons (Fsp3) is 0.115. The van der Waals surface area contributed by atoms with Crippen molar-refractivity contribution in [2.45, 2.75) is 18.7 Å². The summed E-state index contributed by atoms with van der Waals surface area (Å²) in [6.45, 7) is 3.34. The molecule has 0 atom stereocenters. The molecule has 8 nitrogen and oxygen atoms in total. The molecule has 0 unspecified atom stereocenters. The van der Waals surface area contributed by atoms with Gasteiger partial charge < -0.3 is 4.57 Å². The van der Waals surface area contributed by atoms with Crippen LogP contribution in [0.2, 0.25) is 10.0 Å². The number of hydrogen-bond donors (Lipinski definition) is 1. The van der Waals surface area contributed by atoms with E-state index in [0.29, 0.717) is 10.0 Å². The Labute approximate surface area is 225 Å². The Morgan fingerprint density at radius 3 is 2.51 bits per heavy atom. The lowest BCUT2D eigenvalue weighted by Gasteiger charge is -2.23. The lowest BCUT2D eigenvalue weighted by molar-refractivity contribution is -0.119. The summed E-state index contributed by atoms with van der Waals surface area (Å²) in [6, 6.07) is 18.2. The van der Waals surface area contributed by atoms with Gasteiger partial charge in [0.2, 0.25) is 0 Å². The highest BCUT2D eigenvalue weighted by Crippen LogP contribution is 2.28. The minimum absolute atomic E-state index is 0.0588. The van der Waals surface area contributed by atoms with E-state index in [0.717, 1.165) is 26.9 Å². The number of anilines is 1. The van der Waals surface area contributed by atoms with Crippen molar-refractivity contribution in [1.82, 2.24) is 15.0 Å². The number of pyridine rings is 1. The highest BCUT2D eigenvalue weighted by Gasteiger charge is 2.27. The number of nitrogens with zero attached hydrogens (tertiary/aromatic N) is 4. The lowest BCUT2D eigenvalue weighted by atomic mass is 10.2. The van der Waals surface area contributed by atoms with Gasteiger partial charge in [-0.1, -0.05) is 41.4 Å². The van der Waals surface area contributed by atoms with Crippen molar-refractivity contribution in [3.63, 3.8) is 0 Å². The van der Waals surface area contributed by atoms with Gasteiger partial charge in [-0.2, -0.15) is 5.10 Å². The summed E-state index contributed by atoms with van der Waals surface area (Å²) in [5.41, 5.74) is 5.96. The van der Waals surface area contributed by atoms with Crippen LogP contribution in [-0.4, -0.2) is 36.6 Å². The second-order valence-electron chi connectivity index (χ2n) is 8.09.